The fourth-order valence-corrected chi connectivity index (χ4v) is 2.71. The topological polar surface area (TPSA) is 142 Å². The average Bonchev–Trinajstić information content (AvgIpc) is 3.44. The van der Waals surface area contributed by atoms with Crippen molar-refractivity contribution in [3.8, 4) is 17.1 Å². The smallest absolute Gasteiger partial charge is 0.269 e. The molecule has 0 aliphatic heterocycles. The van der Waals surface area contributed by atoms with Crippen LogP contribution in [0.25, 0.3) is 17.1 Å². The number of nitrogens with one attached hydrogen (secondary N) is 1. The zero-order valence-electron chi connectivity index (χ0n) is 15.7. The van der Waals surface area contributed by atoms with E-state index in [1.54, 1.807) is 48.9 Å². The lowest BCUT2D eigenvalue weighted by molar-refractivity contribution is -0.116. The third-order valence-corrected chi connectivity index (χ3v) is 4.21. The van der Waals surface area contributed by atoms with Crippen LogP contribution < -0.4 is 11.1 Å². The summed E-state index contributed by atoms with van der Waals surface area (Å²) in [5.41, 5.74) is 7.50. The number of hydrogen-bond donors (Lipinski definition) is 2. The van der Waals surface area contributed by atoms with Gasteiger partial charge >= 0.3 is 0 Å². The minimum absolute atomic E-state index is 0.181. The van der Waals surface area contributed by atoms with Crippen molar-refractivity contribution in [1.82, 2.24) is 24.9 Å². The lowest BCUT2D eigenvalue weighted by atomic mass is 10.2. The zero-order valence-corrected chi connectivity index (χ0v) is 15.7. The van der Waals surface area contributed by atoms with Crippen LogP contribution in [-0.4, -0.2) is 36.7 Å². The van der Waals surface area contributed by atoms with Gasteiger partial charge in [-0.2, -0.15) is 10.1 Å². The molecule has 0 aliphatic rings. The monoisotopic (exact) mass is 403 g/mol. The molecule has 150 valence electrons. The lowest BCUT2D eigenvalue weighted by Gasteiger charge is -2.06. The van der Waals surface area contributed by atoms with Crippen molar-refractivity contribution in [2.45, 2.75) is 12.8 Å². The maximum Gasteiger partial charge on any atom is 0.269 e. The number of hydrogen-bond acceptors (Lipinski definition) is 7. The Morgan fingerprint density at radius 1 is 1.13 bits per heavy atom. The van der Waals surface area contributed by atoms with Crippen LogP contribution >= 0.6 is 0 Å². The first kappa shape index (κ1) is 19.0. The molecule has 0 atom stereocenters. The number of aromatic nitrogens is 5. The summed E-state index contributed by atoms with van der Waals surface area (Å²) in [7, 11) is 0. The van der Waals surface area contributed by atoms with Gasteiger partial charge in [0.1, 0.15) is 5.69 Å². The van der Waals surface area contributed by atoms with Crippen molar-refractivity contribution in [3.63, 3.8) is 0 Å². The van der Waals surface area contributed by atoms with Crippen LogP contribution in [0.2, 0.25) is 0 Å². The number of benzene rings is 1. The van der Waals surface area contributed by atoms with Crippen molar-refractivity contribution >= 4 is 17.5 Å². The molecule has 0 aliphatic carbocycles. The standard InChI is InChI=1S/C20H17N7O3/c21-19(29)16-9-11-27(25-16)15-5-3-14(4-6-15)23-17(28)7-8-18-24-20(26-30-18)13-2-1-10-22-12-13/h1-6,9-12H,7-8H2,(H2,21,29)(H,23,28). The van der Waals surface area contributed by atoms with Crippen LogP contribution in [0.3, 0.4) is 0 Å². The lowest BCUT2D eigenvalue weighted by Crippen LogP contribution is -2.13. The van der Waals surface area contributed by atoms with Crippen molar-refractivity contribution < 1.29 is 14.1 Å². The van der Waals surface area contributed by atoms with Gasteiger partial charge in [0.15, 0.2) is 0 Å². The summed E-state index contributed by atoms with van der Waals surface area (Å²) < 4.78 is 6.72. The number of nitrogens with zero attached hydrogens (tertiary/aromatic N) is 5. The normalized spacial score (nSPS) is 10.7. The van der Waals surface area contributed by atoms with Crippen LogP contribution in [0, 0.1) is 0 Å². The predicted molar refractivity (Wildman–Crippen MR) is 107 cm³/mol. The summed E-state index contributed by atoms with van der Waals surface area (Å²) in [6, 6.07) is 12.2. The molecule has 0 fully saturated rings. The van der Waals surface area contributed by atoms with Crippen molar-refractivity contribution in [3.05, 3.63) is 72.6 Å². The second-order valence-corrected chi connectivity index (χ2v) is 6.36. The van der Waals surface area contributed by atoms with Crippen molar-refractivity contribution in [1.29, 1.82) is 0 Å². The molecule has 10 nitrogen and oxygen atoms in total. The SMILES string of the molecule is NC(=O)c1ccn(-c2ccc(NC(=O)CCc3nc(-c4cccnc4)no3)cc2)n1. The Morgan fingerprint density at radius 3 is 2.67 bits per heavy atom. The van der Waals surface area contributed by atoms with Gasteiger partial charge in [-0.25, -0.2) is 4.68 Å². The predicted octanol–water partition coefficient (Wildman–Crippen LogP) is 1.99. The number of rotatable bonds is 7. The highest BCUT2D eigenvalue weighted by atomic mass is 16.5. The molecule has 4 rings (SSSR count). The number of carbonyl (C=O) groups excluding carboxylic acids is 2. The molecule has 0 radical (unpaired) electrons. The maximum atomic E-state index is 12.2. The zero-order chi connectivity index (χ0) is 20.9. The van der Waals surface area contributed by atoms with Gasteiger partial charge < -0.3 is 15.6 Å². The van der Waals surface area contributed by atoms with E-state index in [1.165, 1.54) is 10.7 Å². The molecule has 0 bridgehead atoms. The Labute approximate surface area is 170 Å². The third kappa shape index (κ3) is 4.38. The summed E-state index contributed by atoms with van der Waals surface area (Å²) in [5, 5.41) is 10.8. The molecule has 3 aromatic heterocycles. The summed E-state index contributed by atoms with van der Waals surface area (Å²) >= 11 is 0. The van der Waals surface area contributed by atoms with Crippen LogP contribution in [0.5, 0.6) is 0 Å². The van der Waals surface area contributed by atoms with Crippen molar-refractivity contribution in [2.24, 2.45) is 5.73 Å². The van der Waals surface area contributed by atoms with Gasteiger partial charge in [0.25, 0.3) is 5.91 Å². The molecule has 0 spiro atoms. The molecule has 30 heavy (non-hydrogen) atoms. The Morgan fingerprint density at radius 2 is 1.97 bits per heavy atom. The van der Waals surface area contributed by atoms with Crippen LogP contribution in [0.15, 0.2) is 65.6 Å². The second-order valence-electron chi connectivity index (χ2n) is 6.36. The van der Waals surface area contributed by atoms with E-state index in [9.17, 15) is 9.59 Å². The van der Waals surface area contributed by atoms with E-state index in [0.717, 1.165) is 11.3 Å². The molecule has 0 saturated carbocycles. The molecule has 3 N–H and O–H groups in total. The number of amides is 2. The fourth-order valence-electron chi connectivity index (χ4n) is 2.71. The number of pyridine rings is 1. The molecular weight excluding hydrogens is 386 g/mol. The van der Waals surface area contributed by atoms with Crippen LogP contribution in [-0.2, 0) is 11.2 Å². The van der Waals surface area contributed by atoms with Crippen LogP contribution in [0.4, 0.5) is 5.69 Å². The molecular formula is C20H17N7O3. The molecule has 0 saturated heterocycles. The first-order valence-corrected chi connectivity index (χ1v) is 9.07. The Kier molecular flexibility index (Phi) is 5.29. The average molecular weight is 403 g/mol. The Bertz CT molecular complexity index is 1170. The molecule has 2 amide bonds. The van der Waals surface area contributed by atoms with Gasteiger partial charge in [-0.15, -0.1) is 0 Å². The summed E-state index contributed by atoms with van der Waals surface area (Å²) in [5.74, 6) is 0.0425. The highest BCUT2D eigenvalue weighted by Gasteiger charge is 2.11. The first-order chi connectivity index (χ1) is 14.6. The third-order valence-electron chi connectivity index (χ3n) is 4.21. The molecule has 0 unspecified atom stereocenters. The summed E-state index contributed by atoms with van der Waals surface area (Å²) in [6.07, 6.45) is 5.45. The maximum absolute atomic E-state index is 12.2. The first-order valence-electron chi connectivity index (χ1n) is 9.07. The van der Waals surface area contributed by atoms with E-state index in [1.807, 2.05) is 6.07 Å². The van der Waals surface area contributed by atoms with Gasteiger partial charge in [0.05, 0.1) is 5.69 Å². The number of aryl methyl sites for hydroxylation is 1. The van der Waals surface area contributed by atoms with Crippen LogP contribution in [0.1, 0.15) is 22.8 Å². The Hall–Kier alpha value is -4.34. The van der Waals surface area contributed by atoms with E-state index in [-0.39, 0.29) is 18.0 Å². The molecule has 3 heterocycles. The van der Waals surface area contributed by atoms with Gasteiger partial charge in [0.2, 0.25) is 17.6 Å². The van der Waals surface area contributed by atoms with Crippen molar-refractivity contribution in [2.75, 3.05) is 5.32 Å². The minimum atomic E-state index is -0.591. The van der Waals surface area contributed by atoms with E-state index in [0.29, 0.717) is 23.8 Å². The Balaban J connectivity index is 1.32. The van der Waals surface area contributed by atoms with E-state index in [4.69, 9.17) is 10.3 Å². The molecule has 1 aromatic carbocycles. The van der Waals surface area contributed by atoms with E-state index >= 15 is 0 Å². The molecule has 10 heteroatoms. The number of carbonyl (C=O) groups is 2. The van der Waals surface area contributed by atoms with Gasteiger partial charge in [0, 0.05) is 42.7 Å². The quantitative estimate of drug-likeness (QED) is 0.480. The number of nitrogens with two attached hydrogens (primary N) is 1. The largest absolute Gasteiger partial charge is 0.364 e. The second kappa shape index (κ2) is 8.35. The van der Waals surface area contributed by atoms with Gasteiger partial charge in [-0.1, -0.05) is 5.16 Å². The fraction of sp³-hybridized carbons (Fsp3) is 0.100. The van der Waals surface area contributed by atoms with E-state index in [2.05, 4.69) is 25.5 Å². The van der Waals surface area contributed by atoms with E-state index < -0.39 is 5.91 Å². The van der Waals surface area contributed by atoms with Gasteiger partial charge in [-0.05, 0) is 42.5 Å². The minimum Gasteiger partial charge on any atom is -0.364 e. The van der Waals surface area contributed by atoms with Gasteiger partial charge in [-0.3, -0.25) is 14.6 Å². The highest BCUT2D eigenvalue weighted by Crippen LogP contribution is 2.16. The summed E-state index contributed by atoms with van der Waals surface area (Å²) in [6.45, 7) is 0. The summed E-state index contributed by atoms with van der Waals surface area (Å²) in [4.78, 5) is 31.6. The number of anilines is 1. The number of primary amides is 1. The molecule has 4 aromatic rings. The highest BCUT2D eigenvalue weighted by molar-refractivity contribution is 5.91.